The molecule has 0 saturated heterocycles. The van der Waals surface area contributed by atoms with Crippen LogP contribution in [0.25, 0.3) is 56.4 Å². The Balaban J connectivity index is 1.28. The van der Waals surface area contributed by atoms with Crippen molar-refractivity contribution in [2.45, 2.75) is 19.3 Å². The third-order valence-corrected chi connectivity index (χ3v) is 7.76. The molecule has 1 aromatic heterocycles. The van der Waals surface area contributed by atoms with E-state index >= 15 is 0 Å². The lowest BCUT2D eigenvalue weighted by Crippen LogP contribution is -2.14. The van der Waals surface area contributed by atoms with E-state index in [2.05, 4.69) is 80.6 Å². The molecule has 39 heavy (non-hydrogen) atoms. The van der Waals surface area contributed by atoms with Crippen LogP contribution in [-0.4, -0.2) is 15.0 Å². The zero-order valence-corrected chi connectivity index (χ0v) is 22.0. The SMILES string of the molecule is CC1(C)c2ccccc2-c2ccc(-c3ccc(-c4nc(-c5ccccc5)nc(-c5ccccc5)n4)cc3)cc21. The number of fused-ring (bicyclic) bond motifs is 3. The highest BCUT2D eigenvalue weighted by atomic mass is 15.0. The fraction of sp³-hybridized carbons (Fsp3) is 0.0833. The molecule has 3 heteroatoms. The van der Waals surface area contributed by atoms with Crippen molar-refractivity contribution in [1.29, 1.82) is 0 Å². The summed E-state index contributed by atoms with van der Waals surface area (Å²) in [7, 11) is 0. The van der Waals surface area contributed by atoms with Gasteiger partial charge in [-0.05, 0) is 39.4 Å². The summed E-state index contributed by atoms with van der Waals surface area (Å²) < 4.78 is 0. The molecule has 3 nitrogen and oxygen atoms in total. The third-order valence-electron chi connectivity index (χ3n) is 7.76. The van der Waals surface area contributed by atoms with Gasteiger partial charge in [-0.25, -0.2) is 15.0 Å². The van der Waals surface area contributed by atoms with Crippen LogP contribution in [-0.2, 0) is 5.41 Å². The van der Waals surface area contributed by atoms with E-state index in [0.717, 1.165) is 16.7 Å². The van der Waals surface area contributed by atoms with Gasteiger partial charge in [0.05, 0.1) is 0 Å². The Morgan fingerprint density at radius 1 is 0.385 bits per heavy atom. The standard InChI is InChI=1S/C36H27N3/c1-36(2)31-16-10-9-15-29(31)30-22-21-28(23-32(30)36)24-17-19-27(20-18-24)35-38-33(25-11-5-3-6-12-25)37-34(39-35)26-13-7-4-8-14-26/h3-23H,1-2H3. The van der Waals surface area contributed by atoms with E-state index < -0.39 is 0 Å². The van der Waals surface area contributed by atoms with Crippen molar-refractivity contribution >= 4 is 0 Å². The van der Waals surface area contributed by atoms with Crippen LogP contribution in [0, 0.1) is 0 Å². The molecule has 0 atom stereocenters. The van der Waals surface area contributed by atoms with Crippen molar-refractivity contribution in [3.8, 4) is 56.4 Å². The van der Waals surface area contributed by atoms with Crippen LogP contribution < -0.4 is 0 Å². The summed E-state index contributed by atoms with van der Waals surface area (Å²) in [6.45, 7) is 4.64. The maximum Gasteiger partial charge on any atom is 0.164 e. The summed E-state index contributed by atoms with van der Waals surface area (Å²) in [5.74, 6) is 2.01. The van der Waals surface area contributed by atoms with Crippen molar-refractivity contribution in [3.05, 3.63) is 139 Å². The molecule has 0 fully saturated rings. The Labute approximate surface area is 228 Å². The molecule has 0 N–H and O–H groups in total. The summed E-state index contributed by atoms with van der Waals surface area (Å²) in [6.07, 6.45) is 0. The summed E-state index contributed by atoms with van der Waals surface area (Å²) in [5.41, 5.74) is 10.7. The molecule has 0 bridgehead atoms. The third kappa shape index (κ3) is 4.04. The highest BCUT2D eigenvalue weighted by Gasteiger charge is 2.35. The van der Waals surface area contributed by atoms with Crippen LogP contribution in [0.3, 0.4) is 0 Å². The smallest absolute Gasteiger partial charge is 0.164 e. The fourth-order valence-corrected chi connectivity index (χ4v) is 5.63. The number of nitrogens with zero attached hydrogens (tertiary/aromatic N) is 3. The minimum Gasteiger partial charge on any atom is -0.208 e. The van der Waals surface area contributed by atoms with Crippen molar-refractivity contribution in [2.75, 3.05) is 0 Å². The Kier molecular flexibility index (Phi) is 5.45. The van der Waals surface area contributed by atoms with E-state index in [1.54, 1.807) is 0 Å². The second-order valence-corrected chi connectivity index (χ2v) is 10.5. The molecule has 0 radical (unpaired) electrons. The minimum atomic E-state index is -0.0194. The second-order valence-electron chi connectivity index (χ2n) is 10.5. The molecular weight excluding hydrogens is 474 g/mol. The second kappa shape index (κ2) is 9.14. The van der Waals surface area contributed by atoms with Gasteiger partial charge >= 0.3 is 0 Å². The lowest BCUT2D eigenvalue weighted by atomic mass is 9.81. The monoisotopic (exact) mass is 501 g/mol. The van der Waals surface area contributed by atoms with E-state index in [-0.39, 0.29) is 5.41 Å². The van der Waals surface area contributed by atoms with Gasteiger partial charge in [-0.1, -0.05) is 135 Å². The predicted octanol–water partition coefficient (Wildman–Crippen LogP) is 8.85. The maximum absolute atomic E-state index is 4.87. The van der Waals surface area contributed by atoms with E-state index in [0.29, 0.717) is 17.5 Å². The summed E-state index contributed by atoms with van der Waals surface area (Å²) in [5, 5.41) is 0. The zero-order chi connectivity index (χ0) is 26.4. The number of rotatable bonds is 4. The Morgan fingerprint density at radius 3 is 1.41 bits per heavy atom. The van der Waals surface area contributed by atoms with Gasteiger partial charge in [0, 0.05) is 22.1 Å². The number of benzene rings is 5. The largest absolute Gasteiger partial charge is 0.208 e. The first-order chi connectivity index (χ1) is 19.1. The van der Waals surface area contributed by atoms with Crippen LogP contribution in [0.4, 0.5) is 0 Å². The summed E-state index contributed by atoms with van der Waals surface area (Å²) >= 11 is 0. The first-order valence-corrected chi connectivity index (χ1v) is 13.3. The van der Waals surface area contributed by atoms with Gasteiger partial charge < -0.3 is 0 Å². The van der Waals surface area contributed by atoms with Crippen molar-refractivity contribution in [2.24, 2.45) is 0 Å². The Bertz CT molecular complexity index is 1750. The molecule has 1 heterocycles. The van der Waals surface area contributed by atoms with Gasteiger partial charge in [-0.2, -0.15) is 0 Å². The first-order valence-electron chi connectivity index (χ1n) is 13.3. The average Bonchev–Trinajstić information content (AvgIpc) is 3.24. The molecule has 0 amide bonds. The molecular formula is C36H27N3. The van der Waals surface area contributed by atoms with Crippen LogP contribution >= 0.6 is 0 Å². The van der Waals surface area contributed by atoms with Gasteiger partial charge in [0.25, 0.3) is 0 Å². The van der Waals surface area contributed by atoms with Gasteiger partial charge in [0.2, 0.25) is 0 Å². The van der Waals surface area contributed by atoms with Crippen LogP contribution in [0.15, 0.2) is 127 Å². The van der Waals surface area contributed by atoms with Gasteiger partial charge in [-0.15, -0.1) is 0 Å². The quantitative estimate of drug-likeness (QED) is 0.242. The minimum absolute atomic E-state index is 0.0194. The highest BCUT2D eigenvalue weighted by Crippen LogP contribution is 2.49. The number of hydrogen-bond donors (Lipinski definition) is 0. The summed E-state index contributed by atoms with van der Waals surface area (Å²) in [6, 6.07) is 44.3. The van der Waals surface area contributed by atoms with Crippen LogP contribution in [0.2, 0.25) is 0 Å². The number of hydrogen-bond acceptors (Lipinski definition) is 3. The van der Waals surface area contributed by atoms with Crippen LogP contribution in [0.1, 0.15) is 25.0 Å². The molecule has 7 rings (SSSR count). The Hall–Kier alpha value is -4.89. The maximum atomic E-state index is 4.87. The van der Waals surface area contributed by atoms with Gasteiger partial charge in [0.15, 0.2) is 17.5 Å². The van der Waals surface area contributed by atoms with Gasteiger partial charge in [0.1, 0.15) is 0 Å². The van der Waals surface area contributed by atoms with Crippen molar-refractivity contribution in [1.82, 2.24) is 15.0 Å². The van der Waals surface area contributed by atoms with E-state index in [9.17, 15) is 0 Å². The fourth-order valence-electron chi connectivity index (χ4n) is 5.63. The lowest BCUT2D eigenvalue weighted by molar-refractivity contribution is 0.660. The summed E-state index contributed by atoms with van der Waals surface area (Å²) in [4.78, 5) is 14.5. The van der Waals surface area contributed by atoms with Crippen molar-refractivity contribution < 1.29 is 0 Å². The molecule has 186 valence electrons. The highest BCUT2D eigenvalue weighted by molar-refractivity contribution is 5.83. The van der Waals surface area contributed by atoms with Crippen LogP contribution in [0.5, 0.6) is 0 Å². The van der Waals surface area contributed by atoms with Gasteiger partial charge in [-0.3, -0.25) is 0 Å². The molecule has 0 unspecified atom stereocenters. The molecule has 6 aromatic rings. The van der Waals surface area contributed by atoms with E-state index in [1.807, 2.05) is 60.7 Å². The molecule has 1 aliphatic rings. The predicted molar refractivity (Wildman–Crippen MR) is 159 cm³/mol. The van der Waals surface area contributed by atoms with Crippen molar-refractivity contribution in [3.63, 3.8) is 0 Å². The van der Waals surface area contributed by atoms with E-state index in [4.69, 9.17) is 15.0 Å². The van der Waals surface area contributed by atoms with E-state index in [1.165, 1.54) is 33.4 Å². The molecule has 1 aliphatic carbocycles. The lowest BCUT2D eigenvalue weighted by Gasteiger charge is -2.22. The molecule has 0 aliphatic heterocycles. The average molecular weight is 502 g/mol. The molecule has 0 spiro atoms. The number of aromatic nitrogens is 3. The molecule has 5 aromatic carbocycles. The Morgan fingerprint density at radius 2 is 0.821 bits per heavy atom. The topological polar surface area (TPSA) is 38.7 Å². The zero-order valence-electron chi connectivity index (χ0n) is 22.0. The molecule has 0 saturated carbocycles. The first kappa shape index (κ1) is 23.2. The normalized spacial score (nSPS) is 13.1.